The molecule has 2 aromatic carbocycles. The summed E-state index contributed by atoms with van der Waals surface area (Å²) >= 11 is 0. The van der Waals surface area contributed by atoms with Crippen LogP contribution in [0.1, 0.15) is 48.3 Å². The molecule has 0 spiro atoms. The van der Waals surface area contributed by atoms with Gasteiger partial charge in [0.05, 0.1) is 29.3 Å². The minimum absolute atomic E-state index is 0.0277. The number of furan rings is 1. The number of nitrogens with zero attached hydrogens (tertiary/aromatic N) is 2. The van der Waals surface area contributed by atoms with Crippen molar-refractivity contribution in [3.8, 4) is 0 Å². The van der Waals surface area contributed by atoms with Crippen LogP contribution in [-0.4, -0.2) is 26.6 Å². The number of nitro groups is 1. The number of carbonyl (C=O) groups excluding carboxylic acids is 2. The molecule has 8 nitrogen and oxygen atoms in total. The molecule has 1 saturated heterocycles. The second kappa shape index (κ2) is 8.74. The fraction of sp³-hybridized carbons (Fsp3) is 0.200. The van der Waals surface area contributed by atoms with E-state index in [9.17, 15) is 24.8 Å². The first-order valence-corrected chi connectivity index (χ1v) is 10.4. The van der Waals surface area contributed by atoms with Gasteiger partial charge in [-0.2, -0.15) is 0 Å². The number of aliphatic hydroxyl groups excluding tert-OH is 1. The number of hydrogen-bond donors (Lipinski definition) is 1. The van der Waals surface area contributed by atoms with Gasteiger partial charge in [-0.05, 0) is 29.2 Å². The highest BCUT2D eigenvalue weighted by Crippen LogP contribution is 2.41. The van der Waals surface area contributed by atoms with Gasteiger partial charge in [0, 0.05) is 17.7 Å². The fourth-order valence-electron chi connectivity index (χ4n) is 3.95. The Hall–Kier alpha value is -4.20. The Labute approximate surface area is 189 Å². The Balaban J connectivity index is 1.86. The van der Waals surface area contributed by atoms with E-state index >= 15 is 0 Å². The van der Waals surface area contributed by atoms with E-state index in [1.54, 1.807) is 12.1 Å². The SMILES string of the molecule is CC(C)c1ccc(C2/C(=C(/O)c3cccc([N+](=O)[O-])c3)C(=O)C(=O)N2Cc2ccco2)cc1. The monoisotopic (exact) mass is 446 g/mol. The third-order valence-corrected chi connectivity index (χ3v) is 5.70. The van der Waals surface area contributed by atoms with Gasteiger partial charge in [-0.3, -0.25) is 19.7 Å². The van der Waals surface area contributed by atoms with Crippen LogP contribution < -0.4 is 0 Å². The average molecular weight is 446 g/mol. The van der Waals surface area contributed by atoms with Crippen LogP contribution in [0.2, 0.25) is 0 Å². The lowest BCUT2D eigenvalue weighted by molar-refractivity contribution is -0.384. The summed E-state index contributed by atoms with van der Waals surface area (Å²) in [5.41, 5.74) is 1.45. The molecule has 1 unspecified atom stereocenters. The van der Waals surface area contributed by atoms with Crippen molar-refractivity contribution in [2.75, 3.05) is 0 Å². The molecule has 0 saturated carbocycles. The zero-order valence-corrected chi connectivity index (χ0v) is 18.1. The Morgan fingerprint density at radius 2 is 1.85 bits per heavy atom. The third kappa shape index (κ3) is 4.15. The maximum Gasteiger partial charge on any atom is 0.296 e. The number of benzene rings is 2. The molecule has 8 heteroatoms. The Morgan fingerprint density at radius 1 is 1.12 bits per heavy atom. The van der Waals surface area contributed by atoms with Crippen LogP contribution in [0.3, 0.4) is 0 Å². The topological polar surface area (TPSA) is 114 Å². The molecule has 33 heavy (non-hydrogen) atoms. The van der Waals surface area contributed by atoms with Crippen molar-refractivity contribution in [1.29, 1.82) is 0 Å². The molecular formula is C25H22N2O6. The molecule has 1 aliphatic rings. The van der Waals surface area contributed by atoms with E-state index in [1.807, 2.05) is 24.3 Å². The number of rotatable bonds is 6. The number of non-ortho nitro benzene ring substituents is 1. The van der Waals surface area contributed by atoms with Gasteiger partial charge in [0.25, 0.3) is 17.4 Å². The van der Waals surface area contributed by atoms with Crippen LogP contribution >= 0.6 is 0 Å². The molecule has 0 aliphatic carbocycles. The van der Waals surface area contributed by atoms with Crippen LogP contribution in [0, 0.1) is 10.1 Å². The predicted molar refractivity (Wildman–Crippen MR) is 120 cm³/mol. The van der Waals surface area contributed by atoms with Crippen LogP contribution in [0.4, 0.5) is 5.69 Å². The average Bonchev–Trinajstić information content (AvgIpc) is 3.41. The Morgan fingerprint density at radius 3 is 2.45 bits per heavy atom. The van der Waals surface area contributed by atoms with Crippen molar-refractivity contribution in [3.63, 3.8) is 0 Å². The van der Waals surface area contributed by atoms with Gasteiger partial charge in [-0.15, -0.1) is 0 Å². The summed E-state index contributed by atoms with van der Waals surface area (Å²) in [6.45, 7) is 4.14. The van der Waals surface area contributed by atoms with E-state index in [4.69, 9.17) is 4.42 Å². The van der Waals surface area contributed by atoms with Crippen molar-refractivity contribution < 1.29 is 24.0 Å². The van der Waals surface area contributed by atoms with Crippen LogP contribution in [0.25, 0.3) is 5.76 Å². The Bertz CT molecular complexity index is 1240. The van der Waals surface area contributed by atoms with Gasteiger partial charge in [0.1, 0.15) is 11.5 Å². The smallest absolute Gasteiger partial charge is 0.296 e. The zero-order chi connectivity index (χ0) is 23.7. The van der Waals surface area contributed by atoms with Crippen LogP contribution in [-0.2, 0) is 16.1 Å². The number of nitro benzene ring substituents is 1. The van der Waals surface area contributed by atoms with Crippen LogP contribution in [0.15, 0.2) is 76.9 Å². The van der Waals surface area contributed by atoms with Crippen molar-refractivity contribution >= 4 is 23.1 Å². The minimum Gasteiger partial charge on any atom is -0.507 e. The molecule has 1 N–H and O–H groups in total. The van der Waals surface area contributed by atoms with E-state index in [-0.39, 0.29) is 23.4 Å². The van der Waals surface area contributed by atoms with Gasteiger partial charge in [-0.1, -0.05) is 50.2 Å². The summed E-state index contributed by atoms with van der Waals surface area (Å²) in [5.74, 6) is -1.33. The third-order valence-electron chi connectivity index (χ3n) is 5.70. The highest BCUT2D eigenvalue weighted by Gasteiger charge is 2.46. The number of ketones is 1. The van der Waals surface area contributed by atoms with E-state index in [2.05, 4.69) is 13.8 Å². The van der Waals surface area contributed by atoms with Gasteiger partial charge in [0.15, 0.2) is 0 Å². The number of likely N-dealkylation sites (tertiary alicyclic amines) is 1. The van der Waals surface area contributed by atoms with E-state index in [0.29, 0.717) is 17.2 Å². The summed E-state index contributed by atoms with van der Waals surface area (Å²) in [6, 6.07) is 15.3. The van der Waals surface area contributed by atoms with Crippen molar-refractivity contribution in [2.24, 2.45) is 0 Å². The van der Waals surface area contributed by atoms with Gasteiger partial charge < -0.3 is 14.4 Å². The molecule has 0 radical (unpaired) electrons. The summed E-state index contributed by atoms with van der Waals surface area (Å²) < 4.78 is 5.38. The standard InChI is InChI=1S/C25H22N2O6/c1-15(2)16-8-10-17(11-9-16)22-21(23(28)18-5-3-6-19(13-18)27(31)32)24(29)25(30)26(22)14-20-7-4-12-33-20/h3-13,15,22,28H,14H2,1-2H3/b23-21-. The van der Waals surface area contributed by atoms with Crippen molar-refractivity contribution in [3.05, 3.63) is 105 Å². The number of carbonyl (C=O) groups is 2. The molecule has 1 fully saturated rings. The molecule has 4 rings (SSSR count). The number of aliphatic hydroxyl groups is 1. The predicted octanol–water partition coefficient (Wildman–Crippen LogP) is 4.93. The van der Waals surface area contributed by atoms with Crippen molar-refractivity contribution in [2.45, 2.75) is 32.4 Å². The molecule has 1 aliphatic heterocycles. The summed E-state index contributed by atoms with van der Waals surface area (Å²) in [6.07, 6.45) is 1.47. The van der Waals surface area contributed by atoms with E-state index < -0.39 is 28.4 Å². The molecule has 1 amide bonds. The fourth-order valence-corrected chi connectivity index (χ4v) is 3.95. The van der Waals surface area contributed by atoms with Crippen LogP contribution in [0.5, 0.6) is 0 Å². The lowest BCUT2D eigenvalue weighted by atomic mass is 9.93. The van der Waals surface area contributed by atoms with Gasteiger partial charge in [-0.25, -0.2) is 0 Å². The molecule has 1 aromatic heterocycles. The highest BCUT2D eigenvalue weighted by molar-refractivity contribution is 6.46. The number of amides is 1. The summed E-state index contributed by atoms with van der Waals surface area (Å²) in [4.78, 5) is 38.0. The number of Topliss-reactive ketones (excluding diaryl/α,β-unsaturated/α-hetero) is 1. The first-order valence-electron chi connectivity index (χ1n) is 10.4. The number of hydrogen-bond acceptors (Lipinski definition) is 6. The second-order valence-electron chi connectivity index (χ2n) is 8.14. The lowest BCUT2D eigenvalue weighted by Gasteiger charge is -2.25. The van der Waals surface area contributed by atoms with Gasteiger partial charge >= 0.3 is 0 Å². The molecule has 1 atom stereocenters. The molecule has 168 valence electrons. The molecular weight excluding hydrogens is 424 g/mol. The largest absolute Gasteiger partial charge is 0.507 e. The molecule has 0 bridgehead atoms. The van der Waals surface area contributed by atoms with E-state index in [1.165, 1.54) is 35.4 Å². The summed E-state index contributed by atoms with van der Waals surface area (Å²) in [7, 11) is 0. The first kappa shape index (κ1) is 22.0. The maximum atomic E-state index is 13.1. The Kier molecular flexibility index (Phi) is 5.83. The van der Waals surface area contributed by atoms with Gasteiger partial charge in [0.2, 0.25) is 0 Å². The lowest BCUT2D eigenvalue weighted by Crippen LogP contribution is -2.29. The molecule has 3 aromatic rings. The zero-order valence-electron chi connectivity index (χ0n) is 18.1. The quantitative estimate of drug-likeness (QED) is 0.189. The maximum absolute atomic E-state index is 13.1. The minimum atomic E-state index is -0.879. The molecule has 2 heterocycles. The first-order chi connectivity index (χ1) is 15.8. The van der Waals surface area contributed by atoms with E-state index in [0.717, 1.165) is 5.56 Å². The highest BCUT2D eigenvalue weighted by atomic mass is 16.6. The van der Waals surface area contributed by atoms with Crippen molar-refractivity contribution in [1.82, 2.24) is 4.90 Å². The summed E-state index contributed by atoms with van der Waals surface area (Å²) in [5, 5.41) is 22.3. The normalized spacial score (nSPS) is 17.7. The second-order valence-corrected chi connectivity index (χ2v) is 8.14.